The van der Waals surface area contributed by atoms with E-state index in [4.69, 9.17) is 0 Å². The van der Waals surface area contributed by atoms with Crippen molar-refractivity contribution in [2.24, 2.45) is 0 Å². The number of carbonyl (C=O) groups excluding carboxylic acids is 2. The van der Waals surface area contributed by atoms with Crippen LogP contribution in [0, 0.1) is 0 Å². The minimum Gasteiger partial charge on any atom is -0.429 e. The average Bonchev–Trinajstić information content (AvgIpc) is 2.54. The molecule has 0 aliphatic carbocycles. The van der Waals surface area contributed by atoms with Crippen molar-refractivity contribution >= 4 is 11.8 Å². The lowest BCUT2D eigenvalue weighted by Crippen LogP contribution is -2.14. The highest BCUT2D eigenvalue weighted by atomic mass is 16.5. The summed E-state index contributed by atoms with van der Waals surface area (Å²) in [6, 6.07) is 10.6. The fraction of sp³-hybridized carbons (Fsp3) is 0.474. The van der Waals surface area contributed by atoms with E-state index >= 15 is 0 Å². The van der Waals surface area contributed by atoms with E-state index in [1.807, 2.05) is 6.07 Å². The molecule has 0 saturated heterocycles. The van der Waals surface area contributed by atoms with Crippen LogP contribution in [0.25, 0.3) is 0 Å². The maximum absolute atomic E-state index is 11.3. The lowest BCUT2D eigenvalue weighted by Gasteiger charge is -2.11. The Morgan fingerprint density at radius 1 is 1.09 bits per heavy atom. The van der Waals surface area contributed by atoms with Crippen LogP contribution in [0.15, 0.2) is 43.2 Å². The summed E-state index contributed by atoms with van der Waals surface area (Å²) in [6.07, 6.45) is 7.65. The molecule has 0 bridgehead atoms. The van der Waals surface area contributed by atoms with E-state index in [0.29, 0.717) is 5.92 Å². The van der Waals surface area contributed by atoms with Crippen LogP contribution in [0.3, 0.4) is 0 Å². The molecule has 22 heavy (non-hydrogen) atoms. The van der Waals surface area contributed by atoms with E-state index in [2.05, 4.69) is 42.5 Å². The lowest BCUT2D eigenvalue weighted by molar-refractivity contribution is -0.149. The molecule has 0 spiro atoms. The number of carbonyl (C=O) groups is 2. The number of unbranched alkanes of at least 4 members (excludes halogenated alkanes) is 4. The summed E-state index contributed by atoms with van der Waals surface area (Å²) in [6.45, 7) is 5.52. The molecular formula is C19H26O3. The van der Waals surface area contributed by atoms with Crippen LogP contribution in [-0.4, -0.2) is 11.8 Å². The molecule has 0 aliphatic rings. The van der Waals surface area contributed by atoms with Gasteiger partial charge >= 0.3 is 5.97 Å². The van der Waals surface area contributed by atoms with E-state index in [1.54, 1.807) is 0 Å². The van der Waals surface area contributed by atoms with Crippen molar-refractivity contribution in [1.29, 1.82) is 0 Å². The third-order valence-electron chi connectivity index (χ3n) is 3.83. The predicted molar refractivity (Wildman–Crippen MR) is 88.5 cm³/mol. The molecule has 0 aliphatic heterocycles. The second-order valence-electron chi connectivity index (χ2n) is 5.61. The molecule has 0 aromatic heterocycles. The molecule has 120 valence electrons. The quantitative estimate of drug-likeness (QED) is 0.256. The van der Waals surface area contributed by atoms with E-state index < -0.39 is 11.8 Å². The van der Waals surface area contributed by atoms with Gasteiger partial charge in [0.15, 0.2) is 0 Å². The van der Waals surface area contributed by atoms with Crippen LogP contribution in [-0.2, 0) is 14.3 Å². The van der Waals surface area contributed by atoms with Crippen LogP contribution >= 0.6 is 0 Å². The van der Waals surface area contributed by atoms with Crippen LogP contribution in [0.4, 0.5) is 0 Å². The smallest absolute Gasteiger partial charge is 0.379 e. The summed E-state index contributed by atoms with van der Waals surface area (Å²) >= 11 is 0. The number of esters is 1. The Kier molecular flexibility index (Phi) is 8.89. The molecule has 1 atom stereocenters. The lowest BCUT2D eigenvalue weighted by atomic mass is 9.95. The number of ketones is 1. The van der Waals surface area contributed by atoms with Crippen LogP contribution in [0.2, 0.25) is 0 Å². The highest BCUT2D eigenvalue weighted by molar-refractivity contribution is 6.33. The van der Waals surface area contributed by atoms with Gasteiger partial charge in [0.1, 0.15) is 0 Å². The SMILES string of the molecule is C=COC(=O)C(=O)CCCCCCCC(C)c1ccccc1. The molecule has 3 nitrogen and oxygen atoms in total. The Morgan fingerprint density at radius 3 is 2.41 bits per heavy atom. The van der Waals surface area contributed by atoms with Crippen molar-refractivity contribution in [1.82, 2.24) is 0 Å². The minimum atomic E-state index is -0.799. The maximum atomic E-state index is 11.3. The standard InChI is InChI=1S/C19H26O3/c1-3-22-19(21)18(20)15-11-6-4-5-8-12-16(2)17-13-9-7-10-14-17/h3,7,9-10,13-14,16H,1,4-6,8,11-12,15H2,2H3. The summed E-state index contributed by atoms with van der Waals surface area (Å²) in [5.41, 5.74) is 1.40. The first-order valence-electron chi connectivity index (χ1n) is 8.04. The van der Waals surface area contributed by atoms with Gasteiger partial charge in [0.05, 0.1) is 6.26 Å². The van der Waals surface area contributed by atoms with E-state index in [9.17, 15) is 9.59 Å². The summed E-state index contributed by atoms with van der Waals surface area (Å²) < 4.78 is 4.44. The molecule has 0 saturated carbocycles. The fourth-order valence-corrected chi connectivity index (χ4v) is 2.46. The molecule has 0 heterocycles. The fourth-order valence-electron chi connectivity index (χ4n) is 2.46. The zero-order valence-electron chi connectivity index (χ0n) is 13.4. The van der Waals surface area contributed by atoms with Crippen molar-refractivity contribution in [2.45, 2.75) is 57.8 Å². The van der Waals surface area contributed by atoms with Crippen LogP contribution < -0.4 is 0 Å². The van der Waals surface area contributed by atoms with Crippen molar-refractivity contribution in [3.63, 3.8) is 0 Å². The Bertz CT molecular complexity index is 465. The van der Waals surface area contributed by atoms with Crippen molar-refractivity contribution < 1.29 is 14.3 Å². The molecule has 0 fully saturated rings. The molecule has 1 aromatic carbocycles. The summed E-state index contributed by atoms with van der Waals surface area (Å²) in [5.74, 6) is -0.666. The second-order valence-corrected chi connectivity index (χ2v) is 5.61. The van der Waals surface area contributed by atoms with E-state index in [-0.39, 0.29) is 6.42 Å². The predicted octanol–water partition coefficient (Wildman–Crippen LogP) is 4.78. The van der Waals surface area contributed by atoms with E-state index in [0.717, 1.165) is 25.5 Å². The number of ether oxygens (including phenoxy) is 1. The van der Waals surface area contributed by atoms with Crippen LogP contribution in [0.5, 0.6) is 0 Å². The summed E-state index contributed by atoms with van der Waals surface area (Å²) in [5, 5.41) is 0. The van der Waals surface area contributed by atoms with Gasteiger partial charge in [-0.2, -0.15) is 0 Å². The molecule has 0 radical (unpaired) electrons. The molecule has 3 heteroatoms. The largest absolute Gasteiger partial charge is 0.429 e. The highest BCUT2D eigenvalue weighted by Crippen LogP contribution is 2.21. The van der Waals surface area contributed by atoms with Crippen molar-refractivity contribution in [3.8, 4) is 0 Å². The first-order chi connectivity index (χ1) is 10.6. The minimum absolute atomic E-state index is 0.271. The third kappa shape index (κ3) is 7.21. The molecule has 0 amide bonds. The van der Waals surface area contributed by atoms with Crippen molar-refractivity contribution in [3.05, 3.63) is 48.7 Å². The summed E-state index contributed by atoms with van der Waals surface area (Å²) in [7, 11) is 0. The molecule has 1 unspecified atom stereocenters. The van der Waals surface area contributed by atoms with E-state index in [1.165, 1.54) is 24.8 Å². The molecule has 1 rings (SSSR count). The summed E-state index contributed by atoms with van der Waals surface area (Å²) in [4.78, 5) is 22.4. The third-order valence-corrected chi connectivity index (χ3v) is 3.83. The number of hydrogen-bond donors (Lipinski definition) is 0. The Hall–Kier alpha value is -1.90. The van der Waals surface area contributed by atoms with Crippen LogP contribution in [0.1, 0.15) is 63.4 Å². The van der Waals surface area contributed by atoms with Crippen molar-refractivity contribution in [2.75, 3.05) is 0 Å². The first kappa shape index (κ1) is 18.1. The monoisotopic (exact) mass is 302 g/mol. The van der Waals surface area contributed by atoms with Gasteiger partial charge in [-0.15, -0.1) is 0 Å². The molecule has 0 N–H and O–H groups in total. The number of benzene rings is 1. The number of rotatable bonds is 11. The van der Waals surface area contributed by atoms with Gasteiger partial charge in [0.2, 0.25) is 5.78 Å². The molecule has 1 aromatic rings. The number of Topliss-reactive ketones (excluding diaryl/α,β-unsaturated/α-hetero) is 1. The zero-order chi connectivity index (χ0) is 16.2. The topological polar surface area (TPSA) is 43.4 Å². The molecular weight excluding hydrogens is 276 g/mol. The average molecular weight is 302 g/mol. The van der Waals surface area contributed by atoms with Gasteiger partial charge in [-0.1, -0.05) is 69.5 Å². The van der Waals surface area contributed by atoms with Gasteiger partial charge < -0.3 is 4.74 Å². The Morgan fingerprint density at radius 2 is 1.73 bits per heavy atom. The van der Waals surface area contributed by atoms with Gasteiger partial charge in [0, 0.05) is 6.42 Å². The Balaban J connectivity index is 2.03. The first-order valence-corrected chi connectivity index (χ1v) is 8.04. The normalized spacial score (nSPS) is 11.7. The highest BCUT2D eigenvalue weighted by Gasteiger charge is 2.13. The van der Waals surface area contributed by atoms with Gasteiger partial charge in [0.25, 0.3) is 0 Å². The Labute approximate surface area is 133 Å². The van der Waals surface area contributed by atoms with Gasteiger partial charge in [-0.3, -0.25) is 4.79 Å². The zero-order valence-corrected chi connectivity index (χ0v) is 13.4. The second kappa shape index (κ2) is 10.8. The number of hydrogen-bond acceptors (Lipinski definition) is 3. The van der Waals surface area contributed by atoms with Gasteiger partial charge in [-0.05, 0) is 24.3 Å². The maximum Gasteiger partial charge on any atom is 0.379 e. The van der Waals surface area contributed by atoms with Gasteiger partial charge in [-0.25, -0.2) is 4.79 Å².